The molecule has 0 aromatic heterocycles. The van der Waals surface area contributed by atoms with E-state index in [1.807, 2.05) is 0 Å². The topological polar surface area (TPSA) is 55.8 Å². The molecule has 1 heterocycles. The average Bonchev–Trinajstić information content (AvgIpc) is 2.65. The van der Waals surface area contributed by atoms with Crippen molar-refractivity contribution in [3.63, 3.8) is 0 Å². The van der Waals surface area contributed by atoms with Crippen LogP contribution in [0.25, 0.3) is 0 Å². The fourth-order valence-electron chi connectivity index (χ4n) is 2.11. The molecular weight excluding hydrogens is 234 g/mol. The second kappa shape index (κ2) is 4.68. The third kappa shape index (κ3) is 1.92. The molecule has 1 saturated heterocycles. The maximum atomic E-state index is 12.0. The summed E-state index contributed by atoms with van der Waals surface area (Å²) < 4.78 is 10.4. The van der Waals surface area contributed by atoms with E-state index in [1.54, 1.807) is 25.3 Å². The molecule has 0 spiro atoms. The highest BCUT2D eigenvalue weighted by Gasteiger charge is 2.38. The number of amides is 2. The van der Waals surface area contributed by atoms with Crippen LogP contribution in [0.5, 0.6) is 11.5 Å². The van der Waals surface area contributed by atoms with Crippen LogP contribution in [0.3, 0.4) is 0 Å². The highest BCUT2D eigenvalue weighted by atomic mass is 16.5. The molecule has 0 aliphatic carbocycles. The molecule has 0 bridgehead atoms. The molecule has 1 aromatic carbocycles. The van der Waals surface area contributed by atoms with Gasteiger partial charge in [-0.05, 0) is 18.2 Å². The van der Waals surface area contributed by atoms with Gasteiger partial charge in [-0.15, -0.1) is 0 Å². The van der Waals surface area contributed by atoms with E-state index >= 15 is 0 Å². The minimum absolute atomic E-state index is 0.171. The largest absolute Gasteiger partial charge is 0.497 e. The predicted molar refractivity (Wildman–Crippen MR) is 64.7 cm³/mol. The van der Waals surface area contributed by atoms with Gasteiger partial charge in [0.1, 0.15) is 11.5 Å². The molecule has 1 aliphatic rings. The van der Waals surface area contributed by atoms with Crippen LogP contribution in [0, 0.1) is 0 Å². The fourth-order valence-corrected chi connectivity index (χ4v) is 2.11. The molecule has 2 amide bonds. The first-order valence-corrected chi connectivity index (χ1v) is 5.60. The van der Waals surface area contributed by atoms with E-state index in [9.17, 15) is 9.59 Å². The molecule has 5 heteroatoms. The van der Waals surface area contributed by atoms with Crippen LogP contribution in [0.4, 0.5) is 0 Å². The lowest BCUT2D eigenvalue weighted by Gasteiger charge is -2.14. The van der Waals surface area contributed by atoms with Crippen LogP contribution in [0.1, 0.15) is 17.9 Å². The normalized spacial score (nSPS) is 19.3. The summed E-state index contributed by atoms with van der Waals surface area (Å²) in [5.74, 6) is 0.381. The van der Waals surface area contributed by atoms with E-state index in [1.165, 1.54) is 14.2 Å². The average molecular weight is 249 g/mol. The summed E-state index contributed by atoms with van der Waals surface area (Å²) in [4.78, 5) is 24.7. The maximum absolute atomic E-state index is 12.0. The summed E-state index contributed by atoms with van der Waals surface area (Å²) in [6.07, 6.45) is 0.179. The van der Waals surface area contributed by atoms with Crippen LogP contribution < -0.4 is 9.47 Å². The molecule has 96 valence electrons. The SMILES string of the molecule is COc1ccc(OC)c(C2CC(=O)N(C)C2=O)c1. The molecule has 18 heavy (non-hydrogen) atoms. The first-order chi connectivity index (χ1) is 8.58. The number of ether oxygens (including phenoxy) is 2. The van der Waals surface area contributed by atoms with Gasteiger partial charge in [0.15, 0.2) is 0 Å². The second-order valence-corrected chi connectivity index (χ2v) is 4.16. The Morgan fingerprint density at radius 1 is 1.22 bits per heavy atom. The zero-order chi connectivity index (χ0) is 13.3. The lowest BCUT2D eigenvalue weighted by atomic mass is 9.96. The Hall–Kier alpha value is -2.04. The molecule has 2 rings (SSSR count). The number of hydrogen-bond donors (Lipinski definition) is 0. The van der Waals surface area contributed by atoms with Crippen molar-refractivity contribution in [3.8, 4) is 11.5 Å². The summed E-state index contributed by atoms with van der Waals surface area (Å²) in [6.45, 7) is 0. The highest BCUT2D eigenvalue weighted by Crippen LogP contribution is 2.36. The zero-order valence-corrected chi connectivity index (χ0v) is 10.6. The van der Waals surface area contributed by atoms with Gasteiger partial charge in [-0.25, -0.2) is 0 Å². The van der Waals surface area contributed by atoms with Crippen LogP contribution in [0.15, 0.2) is 18.2 Å². The second-order valence-electron chi connectivity index (χ2n) is 4.16. The summed E-state index contributed by atoms with van der Waals surface area (Å²) >= 11 is 0. The molecule has 0 radical (unpaired) electrons. The van der Waals surface area contributed by atoms with Gasteiger partial charge in [-0.3, -0.25) is 14.5 Å². The monoisotopic (exact) mass is 249 g/mol. The van der Waals surface area contributed by atoms with Crippen molar-refractivity contribution < 1.29 is 19.1 Å². The van der Waals surface area contributed by atoms with Crippen LogP contribution in [0.2, 0.25) is 0 Å². The Bertz CT molecular complexity index is 498. The zero-order valence-electron chi connectivity index (χ0n) is 10.6. The van der Waals surface area contributed by atoms with Gasteiger partial charge >= 0.3 is 0 Å². The Balaban J connectivity index is 2.43. The van der Waals surface area contributed by atoms with Crippen molar-refractivity contribution in [2.24, 2.45) is 0 Å². The minimum atomic E-state index is -0.479. The lowest BCUT2D eigenvalue weighted by Crippen LogP contribution is -2.25. The third-order valence-corrected chi connectivity index (χ3v) is 3.19. The van der Waals surface area contributed by atoms with Gasteiger partial charge < -0.3 is 9.47 Å². The van der Waals surface area contributed by atoms with Crippen molar-refractivity contribution in [1.29, 1.82) is 0 Å². The van der Waals surface area contributed by atoms with Crippen molar-refractivity contribution >= 4 is 11.8 Å². The first kappa shape index (κ1) is 12.4. The molecule has 5 nitrogen and oxygen atoms in total. The van der Waals surface area contributed by atoms with Gasteiger partial charge in [0.05, 0.1) is 20.1 Å². The summed E-state index contributed by atoms with van der Waals surface area (Å²) in [5, 5.41) is 0. The molecule has 1 fully saturated rings. The predicted octanol–water partition coefficient (Wildman–Crippen LogP) is 1.18. The van der Waals surface area contributed by atoms with Crippen LogP contribution in [-0.4, -0.2) is 38.0 Å². The van der Waals surface area contributed by atoms with E-state index in [4.69, 9.17) is 9.47 Å². The summed E-state index contributed by atoms with van der Waals surface area (Å²) in [6, 6.07) is 5.24. The number of likely N-dealkylation sites (tertiary alicyclic amines) is 1. The van der Waals surface area contributed by atoms with E-state index < -0.39 is 5.92 Å². The number of methoxy groups -OCH3 is 2. The number of benzene rings is 1. The first-order valence-electron chi connectivity index (χ1n) is 5.60. The quantitative estimate of drug-likeness (QED) is 0.755. The van der Waals surface area contributed by atoms with E-state index in [-0.39, 0.29) is 18.2 Å². The molecule has 0 N–H and O–H groups in total. The van der Waals surface area contributed by atoms with Gasteiger partial charge in [0.25, 0.3) is 0 Å². The van der Waals surface area contributed by atoms with Gasteiger partial charge in [0, 0.05) is 19.0 Å². The van der Waals surface area contributed by atoms with Gasteiger partial charge in [-0.2, -0.15) is 0 Å². The Morgan fingerprint density at radius 2 is 1.94 bits per heavy atom. The molecule has 1 unspecified atom stereocenters. The fraction of sp³-hybridized carbons (Fsp3) is 0.385. The lowest BCUT2D eigenvalue weighted by molar-refractivity contribution is -0.137. The van der Waals surface area contributed by atoms with Crippen molar-refractivity contribution in [1.82, 2.24) is 4.90 Å². The van der Waals surface area contributed by atoms with E-state index in [0.717, 1.165) is 4.90 Å². The van der Waals surface area contributed by atoms with E-state index in [0.29, 0.717) is 17.1 Å². The smallest absolute Gasteiger partial charge is 0.237 e. The Kier molecular flexibility index (Phi) is 3.23. The van der Waals surface area contributed by atoms with E-state index in [2.05, 4.69) is 0 Å². The number of hydrogen-bond acceptors (Lipinski definition) is 4. The number of carbonyl (C=O) groups excluding carboxylic acids is 2. The van der Waals surface area contributed by atoms with Crippen molar-refractivity contribution in [2.45, 2.75) is 12.3 Å². The number of carbonyl (C=O) groups is 2. The molecular formula is C13H15NO4. The van der Waals surface area contributed by atoms with Crippen LogP contribution >= 0.6 is 0 Å². The molecule has 1 aliphatic heterocycles. The van der Waals surface area contributed by atoms with Crippen molar-refractivity contribution in [2.75, 3.05) is 21.3 Å². The number of nitrogens with zero attached hydrogens (tertiary/aromatic N) is 1. The summed E-state index contributed by atoms with van der Waals surface area (Å²) in [5.41, 5.74) is 0.694. The molecule has 1 atom stereocenters. The minimum Gasteiger partial charge on any atom is -0.497 e. The molecule has 0 saturated carbocycles. The standard InChI is InChI=1S/C13H15NO4/c1-14-12(15)7-10(13(14)16)9-6-8(17-2)4-5-11(9)18-3/h4-6,10H,7H2,1-3H3. The maximum Gasteiger partial charge on any atom is 0.237 e. The van der Waals surface area contributed by atoms with Crippen molar-refractivity contribution in [3.05, 3.63) is 23.8 Å². The molecule has 1 aromatic rings. The van der Waals surface area contributed by atoms with Crippen LogP contribution in [-0.2, 0) is 9.59 Å². The van der Waals surface area contributed by atoms with Gasteiger partial charge in [0.2, 0.25) is 11.8 Å². The Labute approximate surface area is 105 Å². The number of likely N-dealkylation sites (N-methyl/N-ethyl adjacent to an activating group) is 1. The highest BCUT2D eigenvalue weighted by molar-refractivity contribution is 6.06. The van der Waals surface area contributed by atoms with Gasteiger partial charge in [-0.1, -0.05) is 0 Å². The number of rotatable bonds is 3. The summed E-state index contributed by atoms with van der Waals surface area (Å²) in [7, 11) is 4.59. The number of imide groups is 1. The Morgan fingerprint density at radius 3 is 2.44 bits per heavy atom. The third-order valence-electron chi connectivity index (χ3n) is 3.19.